The number of nitriles is 2. The van der Waals surface area contributed by atoms with Crippen molar-refractivity contribution in [2.24, 2.45) is 5.41 Å². The molecule has 0 bridgehead atoms. The van der Waals surface area contributed by atoms with Crippen LogP contribution >= 0.6 is 22.9 Å². The van der Waals surface area contributed by atoms with E-state index in [1.807, 2.05) is 6.07 Å². The van der Waals surface area contributed by atoms with Crippen molar-refractivity contribution >= 4 is 54.7 Å². The number of nitrogens with zero attached hydrogens (tertiary/aromatic N) is 7. The van der Waals surface area contributed by atoms with Gasteiger partial charge < -0.3 is 20.3 Å². The largest absolute Gasteiger partial charge is 0.461 e. The van der Waals surface area contributed by atoms with E-state index in [9.17, 15) is 19.3 Å². The number of aromatic nitrogens is 2. The zero-order chi connectivity index (χ0) is 33.4. The summed E-state index contributed by atoms with van der Waals surface area (Å²) in [5.41, 5.74) is 5.72. The van der Waals surface area contributed by atoms with Gasteiger partial charge in [-0.1, -0.05) is 24.1 Å². The average Bonchev–Trinajstić information content (AvgIpc) is 3.63. The van der Waals surface area contributed by atoms with Gasteiger partial charge in [0.2, 0.25) is 0 Å². The number of alkyl halides is 1. The molecule has 0 aliphatic carbocycles. The fourth-order valence-electron chi connectivity index (χ4n) is 8.51. The Balaban J connectivity index is 1.28. The Morgan fingerprint density at radius 1 is 1.10 bits per heavy atom. The second kappa shape index (κ2) is 11.5. The topological polar surface area (TPSA) is 118 Å². The molecule has 0 unspecified atom stereocenters. The molecule has 4 aromatic rings. The lowest BCUT2D eigenvalue weighted by molar-refractivity contribution is 0.0483. The minimum atomic E-state index is -0.940. The van der Waals surface area contributed by atoms with E-state index in [0.717, 1.165) is 50.0 Å². The molecule has 4 fully saturated rings. The summed E-state index contributed by atoms with van der Waals surface area (Å²) in [6.07, 6.45) is 6.20. The number of anilines is 2. The molecule has 48 heavy (non-hydrogen) atoms. The number of rotatable bonds is 5. The van der Waals surface area contributed by atoms with Crippen LogP contribution in [0.15, 0.2) is 18.2 Å². The molecule has 0 amide bonds. The first kappa shape index (κ1) is 31.2. The first-order chi connectivity index (χ1) is 23.1. The maximum absolute atomic E-state index is 17.1. The van der Waals surface area contributed by atoms with Crippen molar-refractivity contribution in [3.8, 4) is 29.4 Å². The van der Waals surface area contributed by atoms with Gasteiger partial charge in [-0.05, 0) is 49.9 Å². The van der Waals surface area contributed by atoms with Crippen LogP contribution in [0.3, 0.4) is 0 Å². The van der Waals surface area contributed by atoms with Crippen molar-refractivity contribution in [3.63, 3.8) is 0 Å². The van der Waals surface area contributed by atoms with Crippen molar-refractivity contribution in [1.82, 2.24) is 19.8 Å². The third kappa shape index (κ3) is 4.89. The first-order valence-corrected chi connectivity index (χ1v) is 17.4. The molecule has 4 saturated heterocycles. The Morgan fingerprint density at radius 3 is 2.73 bits per heavy atom. The molecule has 2 atom stereocenters. The van der Waals surface area contributed by atoms with E-state index < -0.39 is 23.3 Å². The van der Waals surface area contributed by atoms with Gasteiger partial charge in [-0.2, -0.15) is 20.5 Å². The molecule has 4 aliphatic rings. The minimum absolute atomic E-state index is 0.0273. The molecule has 0 radical (unpaired) electrons. The molecule has 14 heteroatoms. The number of thiophene rings is 1. The van der Waals surface area contributed by atoms with Crippen LogP contribution in [-0.4, -0.2) is 77.4 Å². The highest BCUT2D eigenvalue weighted by Crippen LogP contribution is 2.47. The average molecular weight is 693 g/mol. The smallest absolute Gasteiger partial charge is 0.319 e. The fourth-order valence-corrected chi connectivity index (χ4v) is 9.75. The van der Waals surface area contributed by atoms with Crippen LogP contribution in [0.5, 0.6) is 6.01 Å². The Bertz CT molecular complexity index is 2060. The molecule has 8 rings (SSSR count). The Labute approximate surface area is 284 Å². The molecule has 9 nitrogen and oxygen atoms in total. The number of ether oxygens (including phenoxy) is 1. The molecule has 6 heterocycles. The van der Waals surface area contributed by atoms with Gasteiger partial charge >= 0.3 is 6.01 Å². The van der Waals surface area contributed by atoms with Crippen LogP contribution < -0.4 is 15.4 Å². The van der Waals surface area contributed by atoms with Gasteiger partial charge in [0.15, 0.2) is 12.0 Å². The second-order valence-electron chi connectivity index (χ2n) is 13.7. The highest BCUT2D eigenvalue weighted by Gasteiger charge is 2.50. The SMILES string of the molecule is N#Cc1c(N)sc2c(F)ccc(-c3c(Cl)cc4c(N5CCCCC6(CN(C#N)C6)C5)nc(OC[C@@]56CCCN5C[C@H](F)C6)nc4c3F)c12. The lowest BCUT2D eigenvalue weighted by Gasteiger charge is -2.49. The van der Waals surface area contributed by atoms with Crippen molar-refractivity contribution in [3.05, 3.63) is 40.4 Å². The molecule has 1 spiro atoms. The zero-order valence-corrected chi connectivity index (χ0v) is 27.6. The monoisotopic (exact) mass is 692 g/mol. The van der Waals surface area contributed by atoms with E-state index in [0.29, 0.717) is 50.3 Å². The van der Waals surface area contributed by atoms with Crippen LogP contribution in [-0.2, 0) is 0 Å². The number of hydrogen-bond acceptors (Lipinski definition) is 10. The number of fused-ring (bicyclic) bond motifs is 3. The summed E-state index contributed by atoms with van der Waals surface area (Å²) in [7, 11) is 0. The van der Waals surface area contributed by atoms with Gasteiger partial charge in [0.25, 0.3) is 0 Å². The van der Waals surface area contributed by atoms with E-state index in [4.69, 9.17) is 27.1 Å². The second-order valence-corrected chi connectivity index (χ2v) is 15.2. The Hall–Kier alpha value is -4.04. The van der Waals surface area contributed by atoms with Crippen LogP contribution in [0.1, 0.15) is 44.1 Å². The molecule has 2 aromatic heterocycles. The fraction of sp³-hybridized carbons (Fsp3) is 0.471. The molecular formula is C34H32ClF3N8OS. The lowest BCUT2D eigenvalue weighted by Crippen LogP contribution is -2.58. The van der Waals surface area contributed by atoms with E-state index in [2.05, 4.69) is 21.0 Å². The maximum Gasteiger partial charge on any atom is 0.319 e. The summed E-state index contributed by atoms with van der Waals surface area (Å²) in [6, 6.07) is 6.24. The van der Waals surface area contributed by atoms with Crippen LogP contribution in [0.25, 0.3) is 32.1 Å². The number of benzene rings is 2. The van der Waals surface area contributed by atoms with Crippen LogP contribution in [0.2, 0.25) is 5.02 Å². The predicted octanol–water partition coefficient (Wildman–Crippen LogP) is 6.63. The first-order valence-electron chi connectivity index (χ1n) is 16.2. The maximum atomic E-state index is 17.1. The summed E-state index contributed by atoms with van der Waals surface area (Å²) < 4.78 is 53.0. The normalized spacial score (nSPS) is 23.7. The van der Waals surface area contributed by atoms with E-state index >= 15 is 4.39 Å². The molecule has 2 aromatic carbocycles. The molecule has 248 valence electrons. The molecule has 0 saturated carbocycles. The molecule has 2 N–H and O–H groups in total. The number of nitrogens with two attached hydrogens (primary N) is 1. The van der Waals surface area contributed by atoms with Crippen LogP contribution in [0.4, 0.5) is 24.0 Å². The summed E-state index contributed by atoms with van der Waals surface area (Å²) in [5, 5.41) is 20.1. The predicted molar refractivity (Wildman–Crippen MR) is 179 cm³/mol. The van der Waals surface area contributed by atoms with Crippen LogP contribution in [0, 0.1) is 39.8 Å². The van der Waals surface area contributed by atoms with E-state index in [-0.39, 0.29) is 60.3 Å². The van der Waals surface area contributed by atoms with Crippen molar-refractivity contribution in [1.29, 1.82) is 10.5 Å². The highest BCUT2D eigenvalue weighted by atomic mass is 35.5. The van der Waals surface area contributed by atoms with Gasteiger partial charge in [0, 0.05) is 60.9 Å². The van der Waals surface area contributed by atoms with Crippen molar-refractivity contribution < 1.29 is 17.9 Å². The molecule has 4 aliphatic heterocycles. The van der Waals surface area contributed by atoms with E-state index in [1.54, 1.807) is 11.0 Å². The summed E-state index contributed by atoms with van der Waals surface area (Å²) in [6.45, 7) is 3.87. The lowest BCUT2D eigenvalue weighted by atomic mass is 9.76. The number of hydrogen-bond donors (Lipinski definition) is 1. The number of halogens is 4. The Morgan fingerprint density at radius 2 is 1.94 bits per heavy atom. The minimum Gasteiger partial charge on any atom is -0.461 e. The molecular weight excluding hydrogens is 661 g/mol. The quantitative estimate of drug-likeness (QED) is 0.230. The standard InChI is InChI=1S/C34H32ClF3N8OS/c35-23-10-21-28(27(38)26(23)20-4-5-24(37)29-25(20)22(12-39)30(41)48-29)42-32(47-17-34-7-3-9-46(34)13-19(36)11-34)43-31(21)45-8-2-1-6-33(16-45)14-44(15-33)18-40/h4-5,10,19H,1-3,6-9,11,13-17,41H2/t19-,34+/m1/s1. The van der Waals surface area contributed by atoms with E-state index in [1.165, 1.54) is 12.1 Å². The summed E-state index contributed by atoms with van der Waals surface area (Å²) in [4.78, 5) is 15.4. The number of nitrogen functional groups attached to an aromatic ring is 1. The summed E-state index contributed by atoms with van der Waals surface area (Å²) >= 11 is 7.81. The van der Waals surface area contributed by atoms with Crippen molar-refractivity contribution in [2.45, 2.75) is 50.2 Å². The van der Waals surface area contributed by atoms with Gasteiger partial charge in [-0.3, -0.25) is 4.90 Å². The van der Waals surface area contributed by atoms with Gasteiger partial charge in [-0.25, -0.2) is 13.2 Å². The third-order valence-electron chi connectivity index (χ3n) is 10.7. The van der Waals surface area contributed by atoms with Gasteiger partial charge in [0.1, 0.15) is 41.0 Å². The number of likely N-dealkylation sites (tertiary alicyclic amines) is 1. The van der Waals surface area contributed by atoms with Crippen molar-refractivity contribution in [2.75, 3.05) is 56.5 Å². The Kier molecular flexibility index (Phi) is 7.51. The summed E-state index contributed by atoms with van der Waals surface area (Å²) in [5.74, 6) is -0.869. The highest BCUT2D eigenvalue weighted by molar-refractivity contribution is 7.23. The van der Waals surface area contributed by atoms with Gasteiger partial charge in [0.05, 0.1) is 20.8 Å². The van der Waals surface area contributed by atoms with Gasteiger partial charge in [-0.15, -0.1) is 11.3 Å². The third-order valence-corrected chi connectivity index (χ3v) is 12.0. The zero-order valence-electron chi connectivity index (χ0n) is 26.0.